The Bertz CT molecular complexity index is 1020. The smallest absolute Gasteiger partial charge is 0.266 e. The van der Waals surface area contributed by atoms with Crippen LogP contribution in [0.4, 0.5) is 11.6 Å². The molecule has 1 amide bonds. The predicted molar refractivity (Wildman–Crippen MR) is 108 cm³/mol. The lowest BCUT2D eigenvalue weighted by Crippen LogP contribution is -2.20. The van der Waals surface area contributed by atoms with Crippen molar-refractivity contribution in [3.8, 4) is 6.07 Å². The van der Waals surface area contributed by atoms with Crippen molar-refractivity contribution in [3.05, 3.63) is 65.9 Å². The molecular formula is C22H21N3O2. The maximum atomic E-state index is 12.5. The number of nitrogens with zero attached hydrogens (tertiary/aromatic N) is 2. The average Bonchev–Trinajstić information content (AvgIpc) is 3.15. The number of amides is 1. The van der Waals surface area contributed by atoms with Crippen LogP contribution < -0.4 is 10.2 Å². The van der Waals surface area contributed by atoms with Gasteiger partial charge in [-0.1, -0.05) is 30.3 Å². The third kappa shape index (κ3) is 4.18. The summed E-state index contributed by atoms with van der Waals surface area (Å²) in [4.78, 5) is 14.5. The van der Waals surface area contributed by atoms with E-state index < -0.39 is 5.91 Å². The molecule has 0 aliphatic heterocycles. The minimum absolute atomic E-state index is 0.0106. The summed E-state index contributed by atoms with van der Waals surface area (Å²) in [6.45, 7) is 5.72. The van der Waals surface area contributed by atoms with Crippen molar-refractivity contribution in [3.63, 3.8) is 0 Å². The van der Waals surface area contributed by atoms with E-state index >= 15 is 0 Å². The van der Waals surface area contributed by atoms with Gasteiger partial charge in [-0.05, 0) is 42.8 Å². The third-order valence-electron chi connectivity index (χ3n) is 4.35. The zero-order valence-corrected chi connectivity index (χ0v) is 15.4. The molecule has 0 spiro atoms. The summed E-state index contributed by atoms with van der Waals surface area (Å²) >= 11 is 0. The Hall–Kier alpha value is -3.52. The van der Waals surface area contributed by atoms with E-state index in [0.717, 1.165) is 29.7 Å². The molecule has 0 bridgehead atoms. The monoisotopic (exact) mass is 359 g/mol. The minimum atomic E-state index is -0.464. The maximum Gasteiger partial charge on any atom is 0.266 e. The molecule has 0 unspecified atom stereocenters. The first-order valence-corrected chi connectivity index (χ1v) is 8.91. The third-order valence-corrected chi connectivity index (χ3v) is 4.35. The first kappa shape index (κ1) is 18.3. The number of hydrogen-bond acceptors (Lipinski definition) is 4. The Morgan fingerprint density at radius 1 is 1.11 bits per heavy atom. The second-order valence-corrected chi connectivity index (χ2v) is 6.03. The zero-order chi connectivity index (χ0) is 19.2. The van der Waals surface area contributed by atoms with Gasteiger partial charge in [-0.3, -0.25) is 4.79 Å². The molecule has 3 rings (SSSR count). The van der Waals surface area contributed by atoms with Gasteiger partial charge in [0.2, 0.25) is 0 Å². The Labute approximate surface area is 158 Å². The van der Waals surface area contributed by atoms with Crippen LogP contribution in [0.15, 0.2) is 64.6 Å². The van der Waals surface area contributed by atoms with Crippen LogP contribution in [0, 0.1) is 11.3 Å². The quantitative estimate of drug-likeness (QED) is 0.506. The molecule has 0 aliphatic carbocycles. The predicted octanol–water partition coefficient (Wildman–Crippen LogP) is 4.82. The van der Waals surface area contributed by atoms with Gasteiger partial charge in [0.05, 0.1) is 0 Å². The highest BCUT2D eigenvalue weighted by Crippen LogP contribution is 2.22. The minimum Gasteiger partial charge on any atom is -0.441 e. The van der Waals surface area contributed by atoms with Crippen molar-refractivity contribution < 1.29 is 9.21 Å². The first-order valence-electron chi connectivity index (χ1n) is 8.91. The summed E-state index contributed by atoms with van der Waals surface area (Å²) in [6, 6.07) is 19.1. The number of furan rings is 1. The Morgan fingerprint density at radius 2 is 1.85 bits per heavy atom. The van der Waals surface area contributed by atoms with Crippen molar-refractivity contribution in [2.24, 2.45) is 0 Å². The molecule has 5 heteroatoms. The highest BCUT2D eigenvalue weighted by atomic mass is 16.4. The molecule has 3 aromatic rings. The fourth-order valence-corrected chi connectivity index (χ4v) is 2.88. The van der Waals surface area contributed by atoms with Crippen molar-refractivity contribution >= 4 is 34.3 Å². The van der Waals surface area contributed by atoms with Crippen LogP contribution in [-0.2, 0) is 4.79 Å². The fraction of sp³-hybridized carbons (Fsp3) is 0.182. The number of carbonyl (C=O) groups excluding carboxylic acids is 1. The molecule has 0 aliphatic rings. The summed E-state index contributed by atoms with van der Waals surface area (Å²) in [5.41, 5.74) is 0.631. The number of anilines is 2. The molecule has 1 N–H and O–H groups in total. The van der Waals surface area contributed by atoms with Gasteiger partial charge in [-0.15, -0.1) is 0 Å². The van der Waals surface area contributed by atoms with Crippen LogP contribution in [-0.4, -0.2) is 19.0 Å². The molecule has 1 heterocycles. The standard InChI is InChI=1S/C22H21N3O2/c1-3-25(4-2)21-12-11-20(27-21)14-18(15-23)22(26)24-19-10-9-16-7-5-6-8-17(16)13-19/h5-14H,3-4H2,1-2H3,(H,24,26)/b18-14+. The van der Waals surface area contributed by atoms with Gasteiger partial charge >= 0.3 is 0 Å². The number of hydrogen-bond donors (Lipinski definition) is 1. The van der Waals surface area contributed by atoms with E-state index in [9.17, 15) is 10.1 Å². The molecule has 1 aromatic heterocycles. The number of benzene rings is 2. The van der Waals surface area contributed by atoms with Crippen molar-refractivity contribution in [1.82, 2.24) is 0 Å². The molecule has 136 valence electrons. The van der Waals surface area contributed by atoms with E-state index in [4.69, 9.17) is 4.42 Å². The van der Waals surface area contributed by atoms with Gasteiger partial charge in [0.1, 0.15) is 17.4 Å². The van der Waals surface area contributed by atoms with E-state index in [0.29, 0.717) is 11.4 Å². The lowest BCUT2D eigenvalue weighted by Gasteiger charge is -2.16. The van der Waals surface area contributed by atoms with Gasteiger partial charge in [0.15, 0.2) is 5.88 Å². The van der Waals surface area contributed by atoms with E-state index in [1.54, 1.807) is 6.07 Å². The Kier molecular flexibility index (Phi) is 5.58. The molecule has 0 saturated carbocycles. The summed E-state index contributed by atoms with van der Waals surface area (Å²) < 4.78 is 5.74. The number of fused-ring (bicyclic) bond motifs is 1. The number of carbonyl (C=O) groups is 1. The Morgan fingerprint density at radius 3 is 2.56 bits per heavy atom. The highest BCUT2D eigenvalue weighted by Gasteiger charge is 2.12. The van der Waals surface area contributed by atoms with Gasteiger partial charge in [0.25, 0.3) is 5.91 Å². The van der Waals surface area contributed by atoms with Gasteiger partial charge < -0.3 is 14.6 Å². The van der Waals surface area contributed by atoms with Crippen molar-refractivity contribution in [2.45, 2.75) is 13.8 Å². The molecule has 0 radical (unpaired) electrons. The van der Waals surface area contributed by atoms with Crippen LogP contribution >= 0.6 is 0 Å². The summed E-state index contributed by atoms with van der Waals surface area (Å²) in [7, 11) is 0. The van der Waals surface area contributed by atoms with Crippen LogP contribution in [0.25, 0.3) is 16.8 Å². The van der Waals surface area contributed by atoms with Crippen molar-refractivity contribution in [2.75, 3.05) is 23.3 Å². The van der Waals surface area contributed by atoms with Crippen LogP contribution in [0.1, 0.15) is 19.6 Å². The van der Waals surface area contributed by atoms with E-state index in [1.165, 1.54) is 6.08 Å². The fourth-order valence-electron chi connectivity index (χ4n) is 2.88. The van der Waals surface area contributed by atoms with Crippen LogP contribution in [0.5, 0.6) is 0 Å². The topological polar surface area (TPSA) is 69.3 Å². The van der Waals surface area contributed by atoms with Gasteiger partial charge in [0, 0.05) is 30.9 Å². The molecule has 27 heavy (non-hydrogen) atoms. The zero-order valence-electron chi connectivity index (χ0n) is 15.4. The number of nitrogens with one attached hydrogen (secondary N) is 1. The summed E-state index contributed by atoms with van der Waals surface area (Å²) in [5, 5.41) is 14.3. The molecule has 0 fully saturated rings. The molecule has 5 nitrogen and oxygen atoms in total. The largest absolute Gasteiger partial charge is 0.441 e. The van der Waals surface area contributed by atoms with Crippen LogP contribution in [0.2, 0.25) is 0 Å². The average molecular weight is 359 g/mol. The summed E-state index contributed by atoms with van der Waals surface area (Å²) in [5.74, 6) is 0.731. The van der Waals surface area contributed by atoms with Crippen molar-refractivity contribution in [1.29, 1.82) is 5.26 Å². The first-order chi connectivity index (χ1) is 13.1. The lowest BCUT2D eigenvalue weighted by molar-refractivity contribution is -0.112. The van der Waals surface area contributed by atoms with Gasteiger partial charge in [-0.25, -0.2) is 0 Å². The number of nitriles is 1. The Balaban J connectivity index is 1.79. The summed E-state index contributed by atoms with van der Waals surface area (Å²) in [6.07, 6.45) is 1.46. The van der Waals surface area contributed by atoms with Gasteiger partial charge in [-0.2, -0.15) is 5.26 Å². The second kappa shape index (κ2) is 8.24. The SMILES string of the molecule is CCN(CC)c1ccc(/C=C(\C#N)C(=O)Nc2ccc3ccccc3c2)o1. The molecule has 2 aromatic carbocycles. The highest BCUT2D eigenvalue weighted by molar-refractivity contribution is 6.10. The number of rotatable bonds is 6. The second-order valence-electron chi connectivity index (χ2n) is 6.03. The van der Waals surface area contributed by atoms with E-state index in [-0.39, 0.29) is 5.57 Å². The van der Waals surface area contributed by atoms with E-state index in [2.05, 4.69) is 10.2 Å². The maximum absolute atomic E-state index is 12.5. The lowest BCUT2D eigenvalue weighted by atomic mass is 10.1. The van der Waals surface area contributed by atoms with Crippen LogP contribution in [0.3, 0.4) is 0 Å². The molecule has 0 saturated heterocycles. The van der Waals surface area contributed by atoms with E-state index in [1.807, 2.05) is 68.4 Å². The normalized spacial score (nSPS) is 11.2. The molecular weight excluding hydrogens is 338 g/mol. The molecule has 0 atom stereocenters.